The van der Waals surface area contributed by atoms with E-state index in [0.29, 0.717) is 18.7 Å². The molecule has 0 aliphatic rings. The number of hydrogen-bond acceptors (Lipinski definition) is 4. The lowest BCUT2D eigenvalue weighted by Crippen LogP contribution is -2.28. The number of pyridine rings is 1. The summed E-state index contributed by atoms with van der Waals surface area (Å²) in [5, 5.41) is 5.35. The Hall–Kier alpha value is -2.80. The Morgan fingerprint density at radius 2 is 1.88 bits per heavy atom. The first-order valence-corrected chi connectivity index (χ1v) is 7.36. The number of halogens is 1. The molecule has 1 aromatic carbocycles. The third kappa shape index (κ3) is 5.13. The molecule has 1 heterocycles. The molecular formula is C17H18FN3O3. The van der Waals surface area contributed by atoms with Gasteiger partial charge in [-0.3, -0.25) is 14.6 Å². The Labute approximate surface area is 139 Å². The highest BCUT2D eigenvalue weighted by molar-refractivity contribution is 5.98. The standard InChI is InChI=1S/C17H18FN3O3/c1-24-9-8-20-17(23)15-10-13(6-7-19-15)16(22)21-11-12-2-4-14(18)5-3-12/h2-7,10H,8-9,11H2,1H3,(H,20,23)(H,21,22). The minimum absolute atomic E-state index is 0.153. The van der Waals surface area contributed by atoms with Crippen molar-refractivity contribution in [3.8, 4) is 0 Å². The Balaban J connectivity index is 1.95. The van der Waals surface area contributed by atoms with Crippen LogP contribution in [0.1, 0.15) is 26.4 Å². The van der Waals surface area contributed by atoms with E-state index in [-0.39, 0.29) is 29.9 Å². The van der Waals surface area contributed by atoms with Crippen molar-refractivity contribution in [1.29, 1.82) is 0 Å². The van der Waals surface area contributed by atoms with Crippen LogP contribution in [0.2, 0.25) is 0 Å². The SMILES string of the molecule is COCCNC(=O)c1cc(C(=O)NCc2ccc(F)cc2)ccn1. The monoisotopic (exact) mass is 331 g/mol. The second-order valence-electron chi connectivity index (χ2n) is 4.99. The normalized spacial score (nSPS) is 10.2. The Morgan fingerprint density at radius 1 is 1.12 bits per heavy atom. The van der Waals surface area contributed by atoms with Gasteiger partial charge in [0.15, 0.2) is 0 Å². The van der Waals surface area contributed by atoms with Gasteiger partial charge in [-0.2, -0.15) is 0 Å². The van der Waals surface area contributed by atoms with E-state index < -0.39 is 0 Å². The van der Waals surface area contributed by atoms with Gasteiger partial charge in [0, 0.05) is 32.0 Å². The van der Waals surface area contributed by atoms with E-state index in [2.05, 4.69) is 15.6 Å². The number of methoxy groups -OCH3 is 1. The molecule has 2 rings (SSSR count). The van der Waals surface area contributed by atoms with Gasteiger partial charge in [0.05, 0.1) is 6.61 Å². The highest BCUT2D eigenvalue weighted by Gasteiger charge is 2.11. The predicted molar refractivity (Wildman–Crippen MR) is 86.0 cm³/mol. The molecule has 0 atom stereocenters. The number of rotatable bonds is 7. The first-order valence-electron chi connectivity index (χ1n) is 7.36. The smallest absolute Gasteiger partial charge is 0.269 e. The van der Waals surface area contributed by atoms with E-state index in [0.717, 1.165) is 5.56 Å². The van der Waals surface area contributed by atoms with Gasteiger partial charge in [-0.05, 0) is 29.8 Å². The van der Waals surface area contributed by atoms with Crippen LogP contribution in [0.4, 0.5) is 4.39 Å². The molecule has 0 aliphatic heterocycles. The molecule has 0 radical (unpaired) electrons. The van der Waals surface area contributed by atoms with Gasteiger partial charge in [0.1, 0.15) is 11.5 Å². The van der Waals surface area contributed by atoms with E-state index in [1.54, 1.807) is 12.1 Å². The molecule has 24 heavy (non-hydrogen) atoms. The van der Waals surface area contributed by atoms with E-state index in [1.807, 2.05) is 0 Å². The van der Waals surface area contributed by atoms with Crippen molar-refractivity contribution in [3.05, 3.63) is 65.2 Å². The van der Waals surface area contributed by atoms with Crippen LogP contribution < -0.4 is 10.6 Å². The van der Waals surface area contributed by atoms with Gasteiger partial charge < -0.3 is 15.4 Å². The number of carbonyl (C=O) groups is 2. The van der Waals surface area contributed by atoms with Crippen molar-refractivity contribution in [3.63, 3.8) is 0 Å². The van der Waals surface area contributed by atoms with Gasteiger partial charge in [-0.15, -0.1) is 0 Å². The number of carbonyl (C=O) groups excluding carboxylic acids is 2. The number of amides is 2. The molecular weight excluding hydrogens is 313 g/mol. The molecule has 0 unspecified atom stereocenters. The molecule has 0 aliphatic carbocycles. The van der Waals surface area contributed by atoms with E-state index in [1.165, 1.54) is 37.6 Å². The van der Waals surface area contributed by atoms with Crippen molar-refractivity contribution in [1.82, 2.24) is 15.6 Å². The van der Waals surface area contributed by atoms with E-state index in [4.69, 9.17) is 4.74 Å². The minimum atomic E-state index is -0.375. The van der Waals surface area contributed by atoms with Crippen LogP contribution in [0.5, 0.6) is 0 Å². The summed E-state index contributed by atoms with van der Waals surface area (Å²) in [4.78, 5) is 28.0. The molecule has 2 amide bonds. The second kappa shape index (κ2) is 8.73. The third-order valence-electron chi connectivity index (χ3n) is 3.21. The molecule has 0 saturated carbocycles. The number of benzene rings is 1. The zero-order chi connectivity index (χ0) is 17.4. The van der Waals surface area contributed by atoms with Gasteiger partial charge in [0.2, 0.25) is 0 Å². The Morgan fingerprint density at radius 3 is 2.58 bits per heavy atom. The summed E-state index contributed by atoms with van der Waals surface area (Å²) in [7, 11) is 1.54. The Kier molecular flexibility index (Phi) is 6.39. The highest BCUT2D eigenvalue weighted by atomic mass is 19.1. The number of ether oxygens (including phenoxy) is 1. The molecule has 7 heteroatoms. The molecule has 0 bridgehead atoms. The molecule has 1 aromatic heterocycles. The summed E-state index contributed by atoms with van der Waals surface area (Å²) in [5.74, 6) is -1.05. The number of aromatic nitrogens is 1. The fraction of sp³-hybridized carbons (Fsp3) is 0.235. The third-order valence-corrected chi connectivity index (χ3v) is 3.21. The molecule has 0 saturated heterocycles. The fourth-order valence-corrected chi connectivity index (χ4v) is 1.94. The molecule has 6 nitrogen and oxygen atoms in total. The fourth-order valence-electron chi connectivity index (χ4n) is 1.94. The summed E-state index contributed by atoms with van der Waals surface area (Å²) in [6.07, 6.45) is 1.40. The molecule has 2 aromatic rings. The predicted octanol–water partition coefficient (Wildman–Crippen LogP) is 1.53. The van der Waals surface area contributed by atoms with Crippen LogP contribution >= 0.6 is 0 Å². The maximum Gasteiger partial charge on any atom is 0.269 e. The lowest BCUT2D eigenvalue weighted by atomic mass is 10.2. The van der Waals surface area contributed by atoms with Crippen molar-refractivity contribution in [2.45, 2.75) is 6.54 Å². The van der Waals surface area contributed by atoms with E-state index in [9.17, 15) is 14.0 Å². The maximum absolute atomic E-state index is 12.8. The molecule has 2 N–H and O–H groups in total. The average Bonchev–Trinajstić information content (AvgIpc) is 2.61. The van der Waals surface area contributed by atoms with Gasteiger partial charge in [0.25, 0.3) is 11.8 Å². The number of nitrogens with zero attached hydrogens (tertiary/aromatic N) is 1. The summed E-state index contributed by atoms with van der Waals surface area (Å²) < 4.78 is 17.7. The van der Waals surface area contributed by atoms with Crippen LogP contribution in [0.15, 0.2) is 42.6 Å². The molecule has 126 valence electrons. The second-order valence-corrected chi connectivity index (χ2v) is 4.99. The van der Waals surface area contributed by atoms with Crippen LogP contribution in [0.25, 0.3) is 0 Å². The van der Waals surface area contributed by atoms with Crippen molar-refractivity contribution in [2.75, 3.05) is 20.3 Å². The highest BCUT2D eigenvalue weighted by Crippen LogP contribution is 2.05. The largest absolute Gasteiger partial charge is 0.383 e. The van der Waals surface area contributed by atoms with Crippen LogP contribution in [0, 0.1) is 5.82 Å². The first-order chi connectivity index (χ1) is 11.6. The maximum atomic E-state index is 12.8. The number of hydrogen-bond donors (Lipinski definition) is 2. The first kappa shape index (κ1) is 17.6. The summed E-state index contributed by atoms with van der Waals surface area (Å²) in [6.45, 7) is 1.01. The van der Waals surface area contributed by atoms with E-state index >= 15 is 0 Å². The van der Waals surface area contributed by atoms with Crippen molar-refractivity contribution in [2.24, 2.45) is 0 Å². The zero-order valence-corrected chi connectivity index (χ0v) is 13.2. The molecule has 0 fully saturated rings. The lowest BCUT2D eigenvalue weighted by Gasteiger charge is -2.07. The molecule has 0 spiro atoms. The summed E-state index contributed by atoms with van der Waals surface area (Å²) in [5.41, 5.74) is 1.25. The van der Waals surface area contributed by atoms with Crippen LogP contribution in [0.3, 0.4) is 0 Å². The Bertz CT molecular complexity index is 704. The van der Waals surface area contributed by atoms with Gasteiger partial charge in [-0.1, -0.05) is 12.1 Å². The average molecular weight is 331 g/mol. The van der Waals surface area contributed by atoms with Crippen LogP contribution in [-0.2, 0) is 11.3 Å². The topological polar surface area (TPSA) is 80.3 Å². The van der Waals surface area contributed by atoms with Crippen molar-refractivity contribution < 1.29 is 18.7 Å². The quantitative estimate of drug-likeness (QED) is 0.754. The summed E-state index contributed by atoms with van der Waals surface area (Å²) >= 11 is 0. The van der Waals surface area contributed by atoms with Crippen LogP contribution in [-0.4, -0.2) is 37.1 Å². The number of nitrogens with one attached hydrogen (secondary N) is 2. The van der Waals surface area contributed by atoms with Crippen molar-refractivity contribution >= 4 is 11.8 Å². The zero-order valence-electron chi connectivity index (χ0n) is 13.2. The lowest BCUT2D eigenvalue weighted by molar-refractivity contribution is 0.0932. The minimum Gasteiger partial charge on any atom is -0.383 e. The van der Waals surface area contributed by atoms with Gasteiger partial charge in [-0.25, -0.2) is 4.39 Å². The summed E-state index contributed by atoms with van der Waals surface area (Å²) in [6, 6.07) is 8.79. The van der Waals surface area contributed by atoms with Gasteiger partial charge >= 0.3 is 0 Å².